The second-order valence-electron chi connectivity index (χ2n) is 3.13. The molecular formula is C10H12FNO3. The van der Waals surface area contributed by atoms with Crippen LogP contribution in [0.4, 0.5) is 4.39 Å². The molecule has 1 rings (SSSR count). The standard InChI is InChI=1S/C10H12FNO3/c1-5(12)8(13)6-3-4-7(11)10(15-2)9(6)14/h3-5,14H,12H2,1-2H3. The molecule has 1 atom stereocenters. The Kier molecular flexibility index (Phi) is 3.26. The van der Waals surface area contributed by atoms with Gasteiger partial charge < -0.3 is 15.6 Å². The van der Waals surface area contributed by atoms with Crippen molar-refractivity contribution < 1.29 is 19.0 Å². The average Bonchev–Trinajstić information content (AvgIpc) is 2.17. The molecule has 4 nitrogen and oxygen atoms in total. The van der Waals surface area contributed by atoms with Crippen molar-refractivity contribution in [3.05, 3.63) is 23.5 Å². The van der Waals surface area contributed by atoms with Crippen LogP contribution in [-0.2, 0) is 0 Å². The zero-order valence-electron chi connectivity index (χ0n) is 8.45. The van der Waals surface area contributed by atoms with Crippen molar-refractivity contribution in [2.24, 2.45) is 5.73 Å². The maximum atomic E-state index is 13.1. The molecule has 0 bridgehead atoms. The summed E-state index contributed by atoms with van der Waals surface area (Å²) >= 11 is 0. The predicted molar refractivity (Wildman–Crippen MR) is 52.6 cm³/mol. The van der Waals surface area contributed by atoms with E-state index < -0.39 is 23.4 Å². The van der Waals surface area contributed by atoms with Crippen LogP contribution in [-0.4, -0.2) is 24.0 Å². The molecule has 0 saturated carbocycles. The molecule has 0 spiro atoms. The third kappa shape index (κ3) is 2.07. The number of hydrogen-bond donors (Lipinski definition) is 2. The Morgan fingerprint density at radius 3 is 2.67 bits per heavy atom. The lowest BCUT2D eigenvalue weighted by molar-refractivity contribution is 0.0964. The molecule has 0 radical (unpaired) electrons. The number of halogens is 1. The highest BCUT2D eigenvalue weighted by atomic mass is 19.1. The van der Waals surface area contributed by atoms with E-state index >= 15 is 0 Å². The number of Topliss-reactive ketones (excluding diaryl/α,β-unsaturated/α-hetero) is 1. The van der Waals surface area contributed by atoms with Crippen molar-refractivity contribution in [2.75, 3.05) is 7.11 Å². The molecule has 0 aliphatic rings. The number of aromatic hydroxyl groups is 1. The molecule has 0 aliphatic heterocycles. The Labute approximate surface area is 86.5 Å². The van der Waals surface area contributed by atoms with Gasteiger partial charge in [-0.3, -0.25) is 4.79 Å². The Morgan fingerprint density at radius 1 is 1.60 bits per heavy atom. The fraction of sp³-hybridized carbons (Fsp3) is 0.300. The summed E-state index contributed by atoms with van der Waals surface area (Å²) in [5.74, 6) is -2.05. The first-order valence-electron chi connectivity index (χ1n) is 4.34. The van der Waals surface area contributed by atoms with Crippen LogP contribution in [0.5, 0.6) is 11.5 Å². The van der Waals surface area contributed by atoms with Crippen LogP contribution in [0.2, 0.25) is 0 Å². The molecule has 1 aromatic carbocycles. The van der Waals surface area contributed by atoms with Gasteiger partial charge in [0.25, 0.3) is 0 Å². The second kappa shape index (κ2) is 4.27. The zero-order valence-corrected chi connectivity index (χ0v) is 8.45. The summed E-state index contributed by atoms with van der Waals surface area (Å²) in [5.41, 5.74) is 5.33. The fourth-order valence-corrected chi connectivity index (χ4v) is 1.18. The van der Waals surface area contributed by atoms with Gasteiger partial charge in [-0.15, -0.1) is 0 Å². The zero-order chi connectivity index (χ0) is 11.6. The first-order valence-corrected chi connectivity index (χ1v) is 4.34. The van der Waals surface area contributed by atoms with Crippen LogP contribution >= 0.6 is 0 Å². The highest BCUT2D eigenvalue weighted by Gasteiger charge is 2.20. The minimum Gasteiger partial charge on any atom is -0.504 e. The van der Waals surface area contributed by atoms with E-state index in [0.29, 0.717) is 0 Å². The van der Waals surface area contributed by atoms with Gasteiger partial charge in [0.1, 0.15) is 0 Å². The van der Waals surface area contributed by atoms with Gasteiger partial charge in [0.05, 0.1) is 18.7 Å². The number of nitrogens with two attached hydrogens (primary N) is 1. The van der Waals surface area contributed by atoms with Crippen molar-refractivity contribution >= 4 is 5.78 Å². The third-order valence-corrected chi connectivity index (χ3v) is 1.97. The van der Waals surface area contributed by atoms with Crippen LogP contribution in [0.15, 0.2) is 12.1 Å². The van der Waals surface area contributed by atoms with E-state index in [1.807, 2.05) is 0 Å². The average molecular weight is 213 g/mol. The molecule has 1 unspecified atom stereocenters. The quantitative estimate of drug-likeness (QED) is 0.736. The molecule has 0 fully saturated rings. The van der Waals surface area contributed by atoms with E-state index in [4.69, 9.17) is 5.73 Å². The maximum Gasteiger partial charge on any atom is 0.197 e. The van der Waals surface area contributed by atoms with E-state index in [0.717, 1.165) is 6.07 Å². The van der Waals surface area contributed by atoms with Gasteiger partial charge in [-0.05, 0) is 19.1 Å². The highest BCUT2D eigenvalue weighted by Crippen LogP contribution is 2.32. The van der Waals surface area contributed by atoms with Gasteiger partial charge in [0, 0.05) is 0 Å². The van der Waals surface area contributed by atoms with Crippen LogP contribution in [0.1, 0.15) is 17.3 Å². The van der Waals surface area contributed by atoms with Gasteiger partial charge in [0.2, 0.25) is 0 Å². The normalized spacial score (nSPS) is 12.3. The van der Waals surface area contributed by atoms with E-state index in [9.17, 15) is 14.3 Å². The van der Waals surface area contributed by atoms with Gasteiger partial charge in [0.15, 0.2) is 23.1 Å². The molecule has 15 heavy (non-hydrogen) atoms. The molecule has 5 heteroatoms. The molecule has 0 saturated heterocycles. The van der Waals surface area contributed by atoms with Gasteiger partial charge in [-0.1, -0.05) is 0 Å². The van der Waals surface area contributed by atoms with Gasteiger partial charge in [-0.2, -0.15) is 0 Å². The lowest BCUT2D eigenvalue weighted by Gasteiger charge is -2.10. The second-order valence-corrected chi connectivity index (χ2v) is 3.13. The minimum absolute atomic E-state index is 0.0387. The third-order valence-electron chi connectivity index (χ3n) is 1.97. The minimum atomic E-state index is -0.758. The number of carbonyl (C=O) groups excluding carboxylic acids is 1. The summed E-state index contributed by atoms with van der Waals surface area (Å²) in [5, 5.41) is 9.55. The number of carbonyl (C=O) groups is 1. The predicted octanol–water partition coefficient (Wildman–Crippen LogP) is 1.07. The molecule has 1 aromatic rings. The Balaban J connectivity index is 3.28. The smallest absolute Gasteiger partial charge is 0.197 e. The molecule has 0 heterocycles. The van der Waals surface area contributed by atoms with Crippen molar-refractivity contribution in [3.8, 4) is 11.5 Å². The first-order chi connectivity index (χ1) is 6.99. The number of rotatable bonds is 3. The number of ketones is 1. The molecule has 0 amide bonds. The summed E-state index contributed by atoms with van der Waals surface area (Å²) in [6, 6.07) is 1.47. The number of phenolic OH excluding ortho intramolecular Hbond substituents is 1. The number of methoxy groups -OCH3 is 1. The monoisotopic (exact) mass is 213 g/mol. The van der Waals surface area contributed by atoms with Crippen LogP contribution < -0.4 is 10.5 Å². The summed E-state index contributed by atoms with van der Waals surface area (Å²) in [7, 11) is 1.21. The van der Waals surface area contributed by atoms with E-state index in [1.165, 1.54) is 20.1 Å². The van der Waals surface area contributed by atoms with E-state index in [1.54, 1.807) is 0 Å². The molecule has 0 aliphatic carbocycles. The first kappa shape index (κ1) is 11.5. The number of hydrogen-bond acceptors (Lipinski definition) is 4. The Hall–Kier alpha value is -1.62. The fourth-order valence-electron chi connectivity index (χ4n) is 1.18. The van der Waals surface area contributed by atoms with Crippen LogP contribution in [0, 0.1) is 5.82 Å². The van der Waals surface area contributed by atoms with Gasteiger partial charge in [-0.25, -0.2) is 4.39 Å². The van der Waals surface area contributed by atoms with Crippen molar-refractivity contribution in [1.29, 1.82) is 0 Å². The number of ether oxygens (including phenoxy) is 1. The van der Waals surface area contributed by atoms with Crippen LogP contribution in [0.25, 0.3) is 0 Å². The molecular weight excluding hydrogens is 201 g/mol. The lowest BCUT2D eigenvalue weighted by atomic mass is 10.0. The van der Waals surface area contributed by atoms with E-state index in [-0.39, 0.29) is 11.3 Å². The SMILES string of the molecule is COc1c(F)ccc(C(=O)C(C)N)c1O. The van der Waals surface area contributed by atoms with Gasteiger partial charge >= 0.3 is 0 Å². The van der Waals surface area contributed by atoms with E-state index in [2.05, 4.69) is 4.74 Å². The van der Waals surface area contributed by atoms with Crippen molar-refractivity contribution in [3.63, 3.8) is 0 Å². The number of benzene rings is 1. The molecule has 82 valence electrons. The van der Waals surface area contributed by atoms with Crippen LogP contribution in [0.3, 0.4) is 0 Å². The largest absolute Gasteiger partial charge is 0.504 e. The molecule has 3 N–H and O–H groups in total. The topological polar surface area (TPSA) is 72.5 Å². The molecule has 0 aromatic heterocycles. The lowest BCUT2D eigenvalue weighted by Crippen LogP contribution is -2.26. The summed E-state index contributed by atoms with van der Waals surface area (Å²) in [6.45, 7) is 1.48. The highest BCUT2D eigenvalue weighted by molar-refractivity contribution is 6.02. The number of phenols is 1. The maximum absolute atomic E-state index is 13.1. The summed E-state index contributed by atoms with van der Waals surface area (Å²) in [6.07, 6.45) is 0. The Bertz CT molecular complexity index is 390. The van der Waals surface area contributed by atoms with Crippen molar-refractivity contribution in [1.82, 2.24) is 0 Å². The Morgan fingerprint density at radius 2 is 2.20 bits per heavy atom. The van der Waals surface area contributed by atoms with Crippen molar-refractivity contribution in [2.45, 2.75) is 13.0 Å². The summed E-state index contributed by atoms with van der Waals surface area (Å²) in [4.78, 5) is 11.5. The summed E-state index contributed by atoms with van der Waals surface area (Å²) < 4.78 is 17.7.